The second kappa shape index (κ2) is 19.9. The van der Waals surface area contributed by atoms with Crippen molar-refractivity contribution in [2.24, 2.45) is 28.3 Å². The first-order chi connectivity index (χ1) is 28.0. The Labute approximate surface area is 344 Å². The Morgan fingerprint density at radius 2 is 1.90 bits per heavy atom. The van der Waals surface area contributed by atoms with E-state index in [4.69, 9.17) is 33.7 Å². The fraction of sp³-hybridized carbons (Fsp3) is 0.630. The third-order valence-corrected chi connectivity index (χ3v) is 11.8. The van der Waals surface area contributed by atoms with E-state index < -0.39 is 30.1 Å². The highest BCUT2D eigenvalue weighted by Gasteiger charge is 2.65. The van der Waals surface area contributed by atoms with E-state index in [1.807, 2.05) is 58.0 Å². The van der Waals surface area contributed by atoms with Gasteiger partial charge in [-0.05, 0) is 98.6 Å². The number of carbonyl (C=O) groups excluding carboxylic acids is 1. The zero-order valence-electron chi connectivity index (χ0n) is 35.2. The topological polar surface area (TPSA) is 141 Å². The number of aliphatic hydroxyl groups excluding tert-OH is 2. The molecule has 7 atom stereocenters. The molecule has 2 fully saturated rings. The molecule has 1 saturated carbocycles. The fourth-order valence-corrected chi connectivity index (χ4v) is 9.08. The molecule has 3 heterocycles. The van der Waals surface area contributed by atoms with Crippen LogP contribution in [-0.4, -0.2) is 90.1 Å². The summed E-state index contributed by atoms with van der Waals surface area (Å²) < 4.78 is 32.5. The van der Waals surface area contributed by atoms with E-state index in [1.165, 1.54) is 0 Å². The van der Waals surface area contributed by atoms with Crippen molar-refractivity contribution in [2.75, 3.05) is 40.1 Å². The molecule has 1 saturated heterocycles. The number of unbranched alkanes of at least 4 members (excludes halogenated alkanes) is 2. The lowest BCUT2D eigenvalue weighted by molar-refractivity contribution is -0.254. The number of hydrogen-bond donors (Lipinski definition) is 2. The number of aliphatic hydroxyl groups is 2. The molecule has 1 aromatic heterocycles. The minimum Gasteiger partial charge on any atom is -0.487 e. The number of carbonyl (C=O) groups is 1. The summed E-state index contributed by atoms with van der Waals surface area (Å²) in [6.45, 7) is 13.6. The Balaban J connectivity index is 1.52. The van der Waals surface area contributed by atoms with Gasteiger partial charge in [-0.2, -0.15) is 0 Å². The third kappa shape index (κ3) is 10.2. The second-order valence-corrected chi connectivity index (χ2v) is 17.5. The van der Waals surface area contributed by atoms with Crippen molar-refractivity contribution in [3.05, 3.63) is 77.7 Å². The number of aryl methyl sites for hydroxylation is 1. The molecule has 2 N–H and O–H groups in total. The molecular formula is C46H65N3O9. The number of benzene rings is 1. The number of rotatable bonds is 18. The van der Waals surface area contributed by atoms with Gasteiger partial charge in [-0.15, -0.1) is 6.58 Å². The first kappa shape index (κ1) is 43.6. The maximum Gasteiger partial charge on any atom is 0.410 e. The molecule has 12 nitrogen and oxygen atoms in total. The Morgan fingerprint density at radius 3 is 2.60 bits per heavy atom. The summed E-state index contributed by atoms with van der Waals surface area (Å²) in [6.07, 6.45) is 10.8. The largest absolute Gasteiger partial charge is 0.487 e. The molecular weight excluding hydrogens is 739 g/mol. The minimum atomic E-state index is -1.37. The summed E-state index contributed by atoms with van der Waals surface area (Å²) in [5.41, 5.74) is 4.18. The molecule has 2 aliphatic heterocycles. The highest BCUT2D eigenvalue weighted by atomic mass is 16.8. The highest BCUT2D eigenvalue weighted by Crippen LogP contribution is 2.62. The van der Waals surface area contributed by atoms with Crippen molar-refractivity contribution >= 4 is 11.8 Å². The molecule has 1 unspecified atom stereocenters. The van der Waals surface area contributed by atoms with Gasteiger partial charge in [0.05, 0.1) is 37.1 Å². The van der Waals surface area contributed by atoms with Gasteiger partial charge < -0.3 is 43.6 Å². The number of oxime groups is 1. The third-order valence-electron chi connectivity index (χ3n) is 11.8. The van der Waals surface area contributed by atoms with Gasteiger partial charge in [0, 0.05) is 50.3 Å². The Hall–Kier alpha value is -3.97. The summed E-state index contributed by atoms with van der Waals surface area (Å²) in [5.74, 6) is -0.447. The van der Waals surface area contributed by atoms with E-state index in [2.05, 4.69) is 23.7 Å². The average molecular weight is 804 g/mol. The number of hydrogen-bond acceptors (Lipinski definition) is 11. The molecule has 0 bridgehead atoms. The van der Waals surface area contributed by atoms with Gasteiger partial charge in [0.25, 0.3) is 0 Å². The van der Waals surface area contributed by atoms with Crippen LogP contribution >= 0.6 is 0 Å². The van der Waals surface area contributed by atoms with Crippen LogP contribution in [0, 0.1) is 30.1 Å². The van der Waals surface area contributed by atoms with Crippen LogP contribution in [0.5, 0.6) is 11.5 Å². The Kier molecular flexibility index (Phi) is 14.9. The summed E-state index contributed by atoms with van der Waals surface area (Å²) >= 11 is 0. The van der Waals surface area contributed by atoms with Crippen LogP contribution in [0.25, 0.3) is 0 Å². The molecule has 4 aliphatic rings. The monoisotopic (exact) mass is 803 g/mol. The quantitative estimate of drug-likeness (QED) is 0.0860. The van der Waals surface area contributed by atoms with Gasteiger partial charge in [-0.25, -0.2) is 4.79 Å². The number of pyridine rings is 1. The lowest BCUT2D eigenvalue weighted by Crippen LogP contribution is -2.69. The number of aromatic nitrogens is 1. The zero-order valence-corrected chi connectivity index (χ0v) is 35.2. The molecule has 1 aromatic carbocycles. The lowest BCUT2D eigenvalue weighted by Gasteiger charge is -2.59. The van der Waals surface area contributed by atoms with Crippen LogP contribution in [0.4, 0.5) is 4.79 Å². The van der Waals surface area contributed by atoms with Crippen molar-refractivity contribution in [3.63, 3.8) is 0 Å². The normalized spacial score (nSPS) is 27.1. The fourth-order valence-electron chi connectivity index (χ4n) is 9.08. The lowest BCUT2D eigenvalue weighted by atomic mass is 9.55. The SMILES string of the molecule is C=CCO[C@@]12Oc3ccc(OCc4cccc(C)n4)cc3[C@H]3[C@H](CCCCO)[C@@H](CCCCO)C=C(C(=NOC4CCCCO4)C[C@@H]1N(C)C(=O)OCC(C)(C)C)[C@H]32. The minimum absolute atomic E-state index is 0.0859. The van der Waals surface area contributed by atoms with E-state index in [0.717, 1.165) is 67.5 Å². The number of nitrogens with zero attached hydrogens (tertiary/aromatic N) is 3. The van der Waals surface area contributed by atoms with Crippen molar-refractivity contribution in [1.29, 1.82) is 0 Å². The summed E-state index contributed by atoms with van der Waals surface area (Å²) in [5, 5.41) is 24.7. The van der Waals surface area contributed by atoms with Crippen molar-refractivity contribution < 1.29 is 43.5 Å². The zero-order chi connectivity index (χ0) is 41.3. The van der Waals surface area contributed by atoms with Crippen molar-refractivity contribution in [2.45, 2.75) is 123 Å². The van der Waals surface area contributed by atoms with E-state index in [1.54, 1.807) is 18.0 Å². The van der Waals surface area contributed by atoms with Gasteiger partial charge >= 0.3 is 6.09 Å². The van der Waals surface area contributed by atoms with Crippen LogP contribution in [0.1, 0.15) is 108 Å². The van der Waals surface area contributed by atoms with Crippen LogP contribution in [0.3, 0.4) is 0 Å². The first-order valence-electron chi connectivity index (χ1n) is 21.3. The van der Waals surface area contributed by atoms with E-state index in [9.17, 15) is 15.0 Å². The average Bonchev–Trinajstić information content (AvgIpc) is 3.21. The highest BCUT2D eigenvalue weighted by molar-refractivity contribution is 6.02. The molecule has 0 radical (unpaired) electrons. The molecule has 12 heteroatoms. The van der Waals surface area contributed by atoms with Gasteiger partial charge in [-0.1, -0.05) is 57.0 Å². The number of likely N-dealkylation sites (N-methyl/N-ethyl adjacent to an activating group) is 1. The van der Waals surface area contributed by atoms with Crippen LogP contribution in [0.2, 0.25) is 0 Å². The van der Waals surface area contributed by atoms with Crippen LogP contribution < -0.4 is 9.47 Å². The predicted molar refractivity (Wildman–Crippen MR) is 222 cm³/mol. The number of amides is 1. The van der Waals surface area contributed by atoms with E-state index in [-0.39, 0.29) is 56.0 Å². The van der Waals surface area contributed by atoms with Crippen molar-refractivity contribution in [1.82, 2.24) is 9.88 Å². The molecule has 58 heavy (non-hydrogen) atoms. The van der Waals surface area contributed by atoms with E-state index in [0.29, 0.717) is 43.3 Å². The smallest absolute Gasteiger partial charge is 0.410 e. The molecule has 6 rings (SSSR count). The first-order valence-corrected chi connectivity index (χ1v) is 21.3. The Morgan fingerprint density at radius 1 is 1.10 bits per heavy atom. The van der Waals surface area contributed by atoms with Crippen LogP contribution in [0.15, 0.2) is 65.9 Å². The molecule has 1 amide bonds. The summed E-state index contributed by atoms with van der Waals surface area (Å²) in [7, 11) is 1.75. The van der Waals surface area contributed by atoms with E-state index >= 15 is 0 Å². The molecule has 318 valence electrons. The predicted octanol–water partition coefficient (Wildman–Crippen LogP) is 8.24. The van der Waals surface area contributed by atoms with Gasteiger partial charge in [0.1, 0.15) is 24.1 Å². The molecule has 2 aromatic rings. The number of allylic oxidation sites excluding steroid dienone is 1. The maximum atomic E-state index is 14.1. The summed E-state index contributed by atoms with van der Waals surface area (Å²) in [6, 6.07) is 11.2. The van der Waals surface area contributed by atoms with Gasteiger partial charge in [-0.3, -0.25) is 4.98 Å². The number of fused-ring (bicyclic) bond motifs is 2. The Bertz CT molecular complexity index is 1750. The van der Waals surface area contributed by atoms with Gasteiger partial charge in [0.2, 0.25) is 12.1 Å². The second-order valence-electron chi connectivity index (χ2n) is 17.5. The molecule has 0 spiro atoms. The number of ether oxygens (including phenoxy) is 5. The standard InChI is InChI=1S/C46H65N3O9/c1-7-24-56-46-40(49(6)44(52)55-30-45(3,4)5)28-38(48-58-41-19-10-13-25-53-41)36-26-32(16-8-11-22-50)35(18-9-12-23-51)42(43(36)46)37-27-34(20-21-39(37)57-46)54-29-33-17-14-15-31(2)47-33/h7,14-15,17,20-21,26-27,32,35,40-43,50-51H,1,8-13,16,18-19,22-25,28-30H2,2-6H3/t32-,35+,40-,41?,42+,43+,46+/m0/s1. The maximum absolute atomic E-state index is 14.1. The van der Waals surface area contributed by atoms with Gasteiger partial charge in [0.15, 0.2) is 0 Å². The molecule has 2 aliphatic carbocycles. The van der Waals surface area contributed by atoms with Crippen molar-refractivity contribution in [3.8, 4) is 11.5 Å². The van der Waals surface area contributed by atoms with Crippen LogP contribution in [-0.2, 0) is 25.7 Å². The summed E-state index contributed by atoms with van der Waals surface area (Å²) in [4.78, 5) is 26.5.